The van der Waals surface area contributed by atoms with Gasteiger partial charge in [0.15, 0.2) is 0 Å². The van der Waals surface area contributed by atoms with E-state index >= 15 is 0 Å². The summed E-state index contributed by atoms with van der Waals surface area (Å²) in [5.74, 6) is 10.2. The minimum atomic E-state index is -0.679. The summed E-state index contributed by atoms with van der Waals surface area (Å²) >= 11 is 0. The van der Waals surface area contributed by atoms with Gasteiger partial charge < -0.3 is 4.74 Å². The number of hydrogen-bond acceptors (Lipinski definition) is 2. The molecular formula is C12H12O2. The van der Waals surface area contributed by atoms with Crippen molar-refractivity contribution in [2.75, 3.05) is 0 Å². The summed E-state index contributed by atoms with van der Waals surface area (Å²) in [5.41, 5.74) is 0. The number of carbonyl (C=O) groups is 1. The predicted molar refractivity (Wildman–Crippen MR) is 56.1 cm³/mol. The summed E-state index contributed by atoms with van der Waals surface area (Å²) in [4.78, 5) is 10.6. The molecule has 0 aliphatic rings. The first-order chi connectivity index (χ1) is 6.70. The summed E-state index contributed by atoms with van der Waals surface area (Å²) in [5, 5.41) is 0. The van der Waals surface area contributed by atoms with Gasteiger partial charge in [0.2, 0.25) is 6.10 Å². The Balaban J connectivity index is 4.49. The van der Waals surface area contributed by atoms with Crippen LogP contribution in [0.15, 0.2) is 24.8 Å². The van der Waals surface area contributed by atoms with Crippen molar-refractivity contribution in [1.82, 2.24) is 0 Å². The van der Waals surface area contributed by atoms with E-state index in [4.69, 9.17) is 4.74 Å². The Kier molecular flexibility index (Phi) is 6.64. The average Bonchev–Trinajstić information content (AvgIpc) is 2.13. The molecular weight excluding hydrogens is 176 g/mol. The van der Waals surface area contributed by atoms with Crippen molar-refractivity contribution in [3.63, 3.8) is 0 Å². The van der Waals surface area contributed by atoms with Crippen molar-refractivity contribution in [3.05, 3.63) is 24.8 Å². The van der Waals surface area contributed by atoms with Gasteiger partial charge in [-0.2, -0.15) is 0 Å². The lowest BCUT2D eigenvalue weighted by molar-refractivity contribution is -0.141. The maximum Gasteiger partial charge on any atom is 0.304 e. The maximum absolute atomic E-state index is 10.6. The quantitative estimate of drug-likeness (QED) is 0.462. The molecule has 0 heterocycles. The van der Waals surface area contributed by atoms with E-state index in [2.05, 4.69) is 30.3 Å². The SMILES string of the molecule is C=CC#CC(C#C/C=C/C)OC(C)=O. The van der Waals surface area contributed by atoms with Crippen molar-refractivity contribution in [2.45, 2.75) is 20.0 Å². The van der Waals surface area contributed by atoms with Crippen LogP contribution in [0.4, 0.5) is 0 Å². The molecule has 0 N–H and O–H groups in total. The van der Waals surface area contributed by atoms with Gasteiger partial charge in [-0.05, 0) is 30.9 Å². The van der Waals surface area contributed by atoms with Crippen LogP contribution in [0.1, 0.15) is 13.8 Å². The van der Waals surface area contributed by atoms with Gasteiger partial charge in [-0.1, -0.05) is 24.5 Å². The molecule has 0 aromatic carbocycles. The lowest BCUT2D eigenvalue weighted by Gasteiger charge is -2.01. The largest absolute Gasteiger partial charge is 0.437 e. The highest BCUT2D eigenvalue weighted by molar-refractivity contribution is 5.67. The smallest absolute Gasteiger partial charge is 0.304 e. The molecule has 0 aromatic rings. The molecule has 0 amide bonds. The van der Waals surface area contributed by atoms with Crippen LogP contribution in [0.2, 0.25) is 0 Å². The molecule has 0 saturated carbocycles. The van der Waals surface area contributed by atoms with Crippen LogP contribution in [-0.4, -0.2) is 12.1 Å². The Morgan fingerprint density at radius 2 is 2.07 bits per heavy atom. The molecule has 0 spiro atoms. The Morgan fingerprint density at radius 1 is 1.43 bits per heavy atom. The molecule has 2 heteroatoms. The van der Waals surface area contributed by atoms with Gasteiger partial charge in [0.1, 0.15) is 0 Å². The van der Waals surface area contributed by atoms with Crippen LogP contribution >= 0.6 is 0 Å². The molecule has 0 aliphatic carbocycles. The molecule has 72 valence electrons. The topological polar surface area (TPSA) is 26.3 Å². The third-order valence-electron chi connectivity index (χ3n) is 1.06. The normalized spacial score (nSPS) is 10.4. The standard InChI is InChI=1S/C12H12O2/c1-4-6-8-10-12(9-7-5-2)14-11(3)13/h4-6,12H,2H2,1,3H3/b6-4+. The van der Waals surface area contributed by atoms with Crippen molar-refractivity contribution >= 4 is 5.97 Å². The van der Waals surface area contributed by atoms with E-state index in [1.165, 1.54) is 13.0 Å². The molecule has 14 heavy (non-hydrogen) atoms. The zero-order valence-corrected chi connectivity index (χ0v) is 8.33. The lowest BCUT2D eigenvalue weighted by atomic mass is 10.3. The number of ether oxygens (including phenoxy) is 1. The molecule has 2 nitrogen and oxygen atoms in total. The molecule has 1 unspecified atom stereocenters. The van der Waals surface area contributed by atoms with Crippen molar-refractivity contribution in [3.8, 4) is 23.7 Å². The second-order valence-electron chi connectivity index (χ2n) is 2.27. The third kappa shape index (κ3) is 6.76. The monoisotopic (exact) mass is 188 g/mol. The summed E-state index contributed by atoms with van der Waals surface area (Å²) in [6, 6.07) is 0. The molecule has 0 aromatic heterocycles. The fourth-order valence-corrected chi connectivity index (χ4v) is 0.603. The van der Waals surface area contributed by atoms with Gasteiger partial charge in [0.05, 0.1) is 0 Å². The highest BCUT2D eigenvalue weighted by Gasteiger charge is 2.02. The van der Waals surface area contributed by atoms with E-state index in [1.807, 2.05) is 6.92 Å². The Morgan fingerprint density at radius 3 is 2.57 bits per heavy atom. The van der Waals surface area contributed by atoms with Crippen LogP contribution < -0.4 is 0 Å². The molecule has 0 bridgehead atoms. The zero-order chi connectivity index (χ0) is 10.8. The average molecular weight is 188 g/mol. The predicted octanol–water partition coefficient (Wildman–Crippen LogP) is 1.69. The number of rotatable bonds is 1. The first-order valence-electron chi connectivity index (χ1n) is 4.12. The van der Waals surface area contributed by atoms with E-state index in [1.54, 1.807) is 12.2 Å². The molecule has 0 rings (SSSR count). The second kappa shape index (κ2) is 7.71. The molecule has 0 fully saturated rings. The fraction of sp³-hybridized carbons (Fsp3) is 0.250. The number of allylic oxidation sites excluding steroid dienone is 3. The van der Waals surface area contributed by atoms with Crippen molar-refractivity contribution in [2.24, 2.45) is 0 Å². The Labute approximate surface area is 84.6 Å². The summed E-state index contributed by atoms with van der Waals surface area (Å²) < 4.78 is 4.83. The number of hydrogen-bond donors (Lipinski definition) is 0. The zero-order valence-electron chi connectivity index (χ0n) is 8.33. The van der Waals surface area contributed by atoms with Crippen LogP contribution in [-0.2, 0) is 9.53 Å². The van der Waals surface area contributed by atoms with Crippen molar-refractivity contribution in [1.29, 1.82) is 0 Å². The first-order valence-corrected chi connectivity index (χ1v) is 4.12. The van der Waals surface area contributed by atoms with E-state index in [9.17, 15) is 4.79 Å². The van der Waals surface area contributed by atoms with E-state index in [0.717, 1.165) is 0 Å². The highest BCUT2D eigenvalue weighted by Crippen LogP contribution is 1.89. The summed E-state index contributed by atoms with van der Waals surface area (Å²) in [7, 11) is 0. The van der Waals surface area contributed by atoms with E-state index in [0.29, 0.717) is 0 Å². The third-order valence-corrected chi connectivity index (χ3v) is 1.06. The van der Waals surface area contributed by atoms with Crippen molar-refractivity contribution < 1.29 is 9.53 Å². The van der Waals surface area contributed by atoms with Gasteiger partial charge in [-0.3, -0.25) is 4.79 Å². The van der Waals surface area contributed by atoms with Crippen LogP contribution in [0.25, 0.3) is 0 Å². The maximum atomic E-state index is 10.6. The Hall–Kier alpha value is -1.93. The molecule has 0 radical (unpaired) electrons. The highest BCUT2D eigenvalue weighted by atomic mass is 16.5. The van der Waals surface area contributed by atoms with Crippen LogP contribution in [0.3, 0.4) is 0 Å². The van der Waals surface area contributed by atoms with Gasteiger partial charge in [0.25, 0.3) is 0 Å². The number of carbonyl (C=O) groups excluding carboxylic acids is 1. The first kappa shape index (κ1) is 12.1. The summed E-state index contributed by atoms with van der Waals surface area (Å²) in [6.07, 6.45) is 4.19. The fourth-order valence-electron chi connectivity index (χ4n) is 0.603. The second-order valence-corrected chi connectivity index (χ2v) is 2.27. The van der Waals surface area contributed by atoms with Gasteiger partial charge in [0, 0.05) is 6.92 Å². The Bertz CT molecular complexity index is 342. The molecule has 0 aliphatic heterocycles. The minimum absolute atomic E-state index is 0.400. The number of esters is 1. The van der Waals surface area contributed by atoms with Crippen LogP contribution in [0, 0.1) is 23.7 Å². The van der Waals surface area contributed by atoms with Gasteiger partial charge in [-0.25, -0.2) is 0 Å². The molecule has 1 atom stereocenters. The van der Waals surface area contributed by atoms with Gasteiger partial charge >= 0.3 is 5.97 Å². The van der Waals surface area contributed by atoms with E-state index in [-0.39, 0.29) is 0 Å². The van der Waals surface area contributed by atoms with E-state index < -0.39 is 12.1 Å². The van der Waals surface area contributed by atoms with Crippen LogP contribution in [0.5, 0.6) is 0 Å². The summed E-state index contributed by atoms with van der Waals surface area (Å²) in [6.45, 7) is 6.60. The minimum Gasteiger partial charge on any atom is -0.437 e. The van der Waals surface area contributed by atoms with Gasteiger partial charge in [-0.15, -0.1) is 0 Å². The lowest BCUT2D eigenvalue weighted by Crippen LogP contribution is -2.11. The molecule has 0 saturated heterocycles.